The first kappa shape index (κ1) is 25.8. The molecular weight excluding hydrogens is 515 g/mol. The summed E-state index contributed by atoms with van der Waals surface area (Å²) in [5, 5.41) is 10.9. The van der Waals surface area contributed by atoms with Crippen molar-refractivity contribution in [3.63, 3.8) is 0 Å². The number of fused-ring (bicyclic) bond motifs is 3. The molecule has 40 heavy (non-hydrogen) atoms. The van der Waals surface area contributed by atoms with Gasteiger partial charge in [-0.05, 0) is 42.0 Å². The fourth-order valence-electron chi connectivity index (χ4n) is 5.53. The van der Waals surface area contributed by atoms with Crippen LogP contribution >= 0.6 is 0 Å². The van der Waals surface area contributed by atoms with E-state index in [0.717, 1.165) is 27.6 Å². The molecule has 3 heterocycles. The Morgan fingerprint density at radius 3 is 2.77 bits per heavy atom. The average Bonchev–Trinajstić information content (AvgIpc) is 3.72. The van der Waals surface area contributed by atoms with Crippen LogP contribution in [0.5, 0.6) is 5.75 Å². The average molecular weight is 545 g/mol. The Balaban J connectivity index is 1.21. The van der Waals surface area contributed by atoms with Crippen molar-refractivity contribution in [2.45, 2.75) is 44.5 Å². The topological polar surface area (TPSA) is 105 Å². The number of benzene rings is 2. The molecule has 0 saturated heterocycles. The van der Waals surface area contributed by atoms with Crippen LogP contribution in [0.15, 0.2) is 65.4 Å². The number of pyridine rings is 1. The predicted octanol–water partition coefficient (Wildman–Crippen LogP) is 5.30. The number of carboxylic acid groups (broad SMARTS) is 1. The summed E-state index contributed by atoms with van der Waals surface area (Å²) in [5.74, 6) is 1.43. The number of hydrogen-bond acceptors (Lipinski definition) is 7. The summed E-state index contributed by atoms with van der Waals surface area (Å²) in [6, 6.07) is 13.6. The molecule has 10 heteroatoms. The fraction of sp³-hybridized carbons (Fsp3) is 0.333. The second kappa shape index (κ2) is 10.3. The predicted molar refractivity (Wildman–Crippen MR) is 148 cm³/mol. The molecule has 1 N–H and O–H groups in total. The second-order valence-electron chi connectivity index (χ2n) is 10.1. The Morgan fingerprint density at radius 2 is 2.00 bits per heavy atom. The number of aliphatic imine (C=N–C) groups is 1. The summed E-state index contributed by atoms with van der Waals surface area (Å²) in [5.41, 5.74) is 2.92. The standard InChI is InChI=1S/C30H29FN4O5/c1-3-35-27-22(29(36)34(2)23-9-11-26(31)33-28(23)35)14-17(16-32-27)12-13-39-24-10-8-19(18-6-4-5-7-20(18)24)21-15-25(21)40-30(37)38/h4-10,14,16,21,25-26H,3,11-13,15H2,1-2H3,(H,37,38). The molecule has 2 aromatic carbocycles. The number of nitrogens with zero attached hydrogens (tertiary/aromatic N) is 4. The molecule has 0 spiro atoms. The van der Waals surface area contributed by atoms with Gasteiger partial charge >= 0.3 is 6.16 Å². The van der Waals surface area contributed by atoms with E-state index in [1.165, 1.54) is 4.90 Å². The molecule has 0 bridgehead atoms. The Morgan fingerprint density at radius 1 is 1.20 bits per heavy atom. The van der Waals surface area contributed by atoms with Gasteiger partial charge in [0.1, 0.15) is 17.7 Å². The van der Waals surface area contributed by atoms with Gasteiger partial charge in [0, 0.05) is 43.9 Å². The van der Waals surface area contributed by atoms with Gasteiger partial charge in [-0.1, -0.05) is 36.4 Å². The number of hydrogen-bond donors (Lipinski definition) is 1. The van der Waals surface area contributed by atoms with Crippen LogP contribution < -0.4 is 9.64 Å². The smallest absolute Gasteiger partial charge is 0.493 e. The highest BCUT2D eigenvalue weighted by Crippen LogP contribution is 2.47. The van der Waals surface area contributed by atoms with E-state index in [1.807, 2.05) is 49.4 Å². The minimum Gasteiger partial charge on any atom is -0.493 e. The molecule has 9 nitrogen and oxygen atoms in total. The third-order valence-corrected chi connectivity index (χ3v) is 7.59. The monoisotopic (exact) mass is 544 g/mol. The van der Waals surface area contributed by atoms with E-state index in [-0.39, 0.29) is 24.3 Å². The maximum absolute atomic E-state index is 14.1. The summed E-state index contributed by atoms with van der Waals surface area (Å²) in [7, 11) is 1.67. The molecular formula is C30H29FN4O5. The number of amides is 1. The number of alkyl halides is 1. The number of carbonyl (C=O) groups excluding carboxylic acids is 1. The fourth-order valence-corrected chi connectivity index (χ4v) is 5.53. The maximum atomic E-state index is 14.1. The van der Waals surface area contributed by atoms with Gasteiger partial charge in [0.15, 0.2) is 12.1 Å². The minimum atomic E-state index is -1.34. The van der Waals surface area contributed by atoms with Crippen LogP contribution in [0, 0.1) is 0 Å². The number of anilines is 1. The number of ether oxygens (including phenoxy) is 2. The Hall–Kier alpha value is -4.47. The zero-order valence-corrected chi connectivity index (χ0v) is 22.2. The van der Waals surface area contributed by atoms with E-state index < -0.39 is 12.5 Å². The third kappa shape index (κ3) is 4.63. The van der Waals surface area contributed by atoms with Crippen LogP contribution in [0.4, 0.5) is 15.0 Å². The normalized spacial score (nSPS) is 21.7. The van der Waals surface area contributed by atoms with E-state index in [4.69, 9.17) is 14.6 Å². The molecule has 0 radical (unpaired) electrons. The lowest BCUT2D eigenvalue weighted by molar-refractivity contribution is 0.0828. The number of halogens is 1. The number of rotatable bonds is 7. The van der Waals surface area contributed by atoms with Gasteiger partial charge < -0.3 is 24.4 Å². The third-order valence-electron chi connectivity index (χ3n) is 7.59. The van der Waals surface area contributed by atoms with Gasteiger partial charge in [0.05, 0.1) is 17.9 Å². The molecule has 1 fully saturated rings. The van der Waals surface area contributed by atoms with Crippen molar-refractivity contribution in [3.8, 4) is 5.75 Å². The van der Waals surface area contributed by atoms with Crippen LogP contribution in [0.1, 0.15) is 47.2 Å². The van der Waals surface area contributed by atoms with Crippen LogP contribution in [0.25, 0.3) is 10.8 Å². The van der Waals surface area contributed by atoms with Gasteiger partial charge in [0.2, 0.25) is 0 Å². The number of dihydropyridines is 1. The first-order valence-corrected chi connectivity index (χ1v) is 13.4. The highest BCUT2D eigenvalue weighted by atomic mass is 19.1. The molecule has 206 valence electrons. The van der Waals surface area contributed by atoms with Crippen molar-refractivity contribution in [1.29, 1.82) is 0 Å². The van der Waals surface area contributed by atoms with Gasteiger partial charge in [-0.2, -0.15) is 0 Å². The molecule has 6 rings (SSSR count). The van der Waals surface area contributed by atoms with Gasteiger partial charge in [0.25, 0.3) is 5.91 Å². The first-order chi connectivity index (χ1) is 19.4. The first-order valence-electron chi connectivity index (χ1n) is 13.4. The van der Waals surface area contributed by atoms with E-state index in [9.17, 15) is 14.0 Å². The van der Waals surface area contributed by atoms with Gasteiger partial charge in [-0.3, -0.25) is 4.79 Å². The van der Waals surface area contributed by atoms with Crippen molar-refractivity contribution < 1.29 is 28.6 Å². The highest BCUT2D eigenvalue weighted by Gasteiger charge is 2.43. The van der Waals surface area contributed by atoms with Crippen molar-refractivity contribution in [1.82, 2.24) is 9.88 Å². The highest BCUT2D eigenvalue weighted by molar-refractivity contribution is 6.17. The lowest BCUT2D eigenvalue weighted by atomic mass is 10.0. The number of aromatic nitrogens is 1. The molecule has 1 amide bonds. The molecule has 1 aliphatic carbocycles. The number of likely N-dealkylation sites (N-methyl/N-ethyl adjacent to an activating group) is 2. The molecule has 3 atom stereocenters. The zero-order valence-electron chi connectivity index (χ0n) is 22.2. The largest absolute Gasteiger partial charge is 0.506 e. The van der Waals surface area contributed by atoms with Crippen LogP contribution in [-0.2, 0) is 11.2 Å². The van der Waals surface area contributed by atoms with E-state index in [0.29, 0.717) is 48.9 Å². The van der Waals surface area contributed by atoms with E-state index >= 15 is 0 Å². The second-order valence-corrected chi connectivity index (χ2v) is 10.1. The summed E-state index contributed by atoms with van der Waals surface area (Å²) < 4.78 is 25.3. The van der Waals surface area contributed by atoms with Crippen LogP contribution in [0.2, 0.25) is 0 Å². The Bertz CT molecular complexity index is 1570. The SMILES string of the molecule is CCN1C2=NC(F)CC=C2N(C)C(=O)c2cc(CCOc3ccc(C4CC4OC(=O)O)c4ccccc34)cnc21. The van der Waals surface area contributed by atoms with Gasteiger partial charge in [-0.25, -0.2) is 19.2 Å². The van der Waals surface area contributed by atoms with E-state index in [1.54, 1.807) is 24.2 Å². The quantitative estimate of drug-likeness (QED) is 0.318. The Kier molecular flexibility index (Phi) is 6.61. The van der Waals surface area contributed by atoms with Crippen LogP contribution in [0.3, 0.4) is 0 Å². The Labute approximate surface area is 230 Å². The van der Waals surface area contributed by atoms with E-state index in [2.05, 4.69) is 9.98 Å². The lowest BCUT2D eigenvalue weighted by Crippen LogP contribution is -2.38. The minimum absolute atomic E-state index is 0.0420. The molecule has 3 unspecified atom stereocenters. The zero-order chi connectivity index (χ0) is 28.0. The number of carbonyl (C=O) groups is 2. The summed E-state index contributed by atoms with van der Waals surface area (Å²) in [4.78, 5) is 36.4. The lowest BCUT2D eigenvalue weighted by Gasteiger charge is -2.28. The summed E-state index contributed by atoms with van der Waals surface area (Å²) >= 11 is 0. The number of amidine groups is 1. The van der Waals surface area contributed by atoms with Crippen molar-refractivity contribution in [3.05, 3.63) is 77.1 Å². The van der Waals surface area contributed by atoms with Crippen LogP contribution in [-0.4, -0.2) is 65.5 Å². The van der Waals surface area contributed by atoms with Gasteiger partial charge in [-0.15, -0.1) is 0 Å². The summed E-state index contributed by atoms with van der Waals surface area (Å²) in [6.07, 6.45) is 1.85. The molecule has 1 aromatic heterocycles. The van der Waals surface area contributed by atoms with Crippen molar-refractivity contribution in [2.24, 2.45) is 4.99 Å². The maximum Gasteiger partial charge on any atom is 0.506 e. The van der Waals surface area contributed by atoms with Crippen molar-refractivity contribution >= 4 is 34.5 Å². The molecule has 2 aliphatic heterocycles. The molecule has 3 aliphatic rings. The van der Waals surface area contributed by atoms with Crippen molar-refractivity contribution in [2.75, 3.05) is 25.1 Å². The summed E-state index contributed by atoms with van der Waals surface area (Å²) in [6.45, 7) is 2.77. The molecule has 1 saturated carbocycles. The molecule has 3 aromatic rings.